The van der Waals surface area contributed by atoms with Crippen LogP contribution in [0.1, 0.15) is 60.7 Å². The van der Waals surface area contributed by atoms with Gasteiger partial charge in [0.15, 0.2) is 6.61 Å². The number of carbonyl (C=O) groups excluding carboxylic acids is 2. The summed E-state index contributed by atoms with van der Waals surface area (Å²) in [5, 5.41) is 4.61. The first-order valence-electron chi connectivity index (χ1n) is 11.1. The Balaban J connectivity index is 1.58. The Hall–Kier alpha value is -2.89. The van der Waals surface area contributed by atoms with Gasteiger partial charge in [-0.15, -0.1) is 0 Å². The van der Waals surface area contributed by atoms with Gasteiger partial charge < -0.3 is 9.64 Å². The molecule has 3 rings (SSSR count). The molecule has 1 aliphatic heterocycles. The number of aryl methyl sites for hydroxylation is 2. The van der Waals surface area contributed by atoms with Gasteiger partial charge >= 0.3 is 5.97 Å². The maximum atomic E-state index is 12.5. The Bertz CT molecular complexity index is 944. The summed E-state index contributed by atoms with van der Waals surface area (Å²) in [5.74, 6) is -0.616. The molecule has 0 radical (unpaired) electrons. The molecule has 166 valence electrons. The Morgan fingerprint density at radius 1 is 1.16 bits per heavy atom. The third-order valence-electron chi connectivity index (χ3n) is 6.03. The van der Waals surface area contributed by atoms with Crippen molar-refractivity contribution in [2.24, 2.45) is 0 Å². The van der Waals surface area contributed by atoms with Gasteiger partial charge in [0.05, 0.1) is 12.2 Å². The summed E-state index contributed by atoms with van der Waals surface area (Å²) in [4.78, 5) is 26.5. The lowest BCUT2D eigenvalue weighted by atomic mass is 10.00. The number of benzene rings is 1. The highest BCUT2D eigenvalue weighted by molar-refractivity contribution is 5.89. The molecule has 1 amide bonds. The fourth-order valence-electron chi connectivity index (χ4n) is 4.14. The molecule has 2 aromatic rings. The number of esters is 1. The van der Waals surface area contributed by atoms with Gasteiger partial charge in [0.2, 0.25) is 0 Å². The molecule has 31 heavy (non-hydrogen) atoms. The second-order valence-corrected chi connectivity index (χ2v) is 8.31. The van der Waals surface area contributed by atoms with E-state index in [1.165, 1.54) is 17.2 Å². The molecular weight excluding hydrogens is 390 g/mol. The SMILES string of the molecule is CCC1CCCCN1C(=O)COC(=O)/C=C/c1c(C)nn(Cc2ccc(C)cc2)c1C. The van der Waals surface area contributed by atoms with Crippen LogP contribution in [0.4, 0.5) is 0 Å². The van der Waals surface area contributed by atoms with E-state index in [4.69, 9.17) is 4.74 Å². The van der Waals surface area contributed by atoms with E-state index in [1.807, 2.05) is 23.4 Å². The molecule has 1 aromatic heterocycles. The summed E-state index contributed by atoms with van der Waals surface area (Å²) in [5.41, 5.74) is 5.13. The second-order valence-electron chi connectivity index (χ2n) is 8.31. The zero-order valence-corrected chi connectivity index (χ0v) is 19.1. The van der Waals surface area contributed by atoms with Crippen LogP contribution in [0.2, 0.25) is 0 Å². The van der Waals surface area contributed by atoms with Crippen molar-refractivity contribution in [1.82, 2.24) is 14.7 Å². The first-order chi connectivity index (χ1) is 14.9. The van der Waals surface area contributed by atoms with E-state index in [9.17, 15) is 9.59 Å². The highest BCUT2D eigenvalue weighted by Crippen LogP contribution is 2.20. The minimum absolute atomic E-state index is 0.105. The fourth-order valence-corrected chi connectivity index (χ4v) is 4.14. The lowest BCUT2D eigenvalue weighted by Crippen LogP contribution is -2.45. The van der Waals surface area contributed by atoms with Crippen molar-refractivity contribution in [3.8, 4) is 0 Å². The molecule has 1 saturated heterocycles. The monoisotopic (exact) mass is 423 g/mol. The van der Waals surface area contributed by atoms with Crippen LogP contribution in [0, 0.1) is 20.8 Å². The topological polar surface area (TPSA) is 64.4 Å². The van der Waals surface area contributed by atoms with Crippen LogP contribution in [0.25, 0.3) is 6.08 Å². The quantitative estimate of drug-likeness (QED) is 0.494. The fraction of sp³-hybridized carbons (Fsp3) is 0.480. The Morgan fingerprint density at radius 3 is 2.61 bits per heavy atom. The van der Waals surface area contributed by atoms with E-state index in [1.54, 1.807) is 6.08 Å². The maximum absolute atomic E-state index is 12.5. The van der Waals surface area contributed by atoms with Gasteiger partial charge in [-0.05, 0) is 58.1 Å². The van der Waals surface area contributed by atoms with E-state index in [-0.39, 0.29) is 18.6 Å². The van der Waals surface area contributed by atoms with Gasteiger partial charge in [-0.25, -0.2) is 4.79 Å². The molecule has 0 spiro atoms. The molecule has 0 aliphatic carbocycles. The smallest absolute Gasteiger partial charge is 0.331 e. The van der Waals surface area contributed by atoms with Crippen molar-refractivity contribution < 1.29 is 14.3 Å². The van der Waals surface area contributed by atoms with Crippen molar-refractivity contribution in [2.75, 3.05) is 13.2 Å². The molecular formula is C25H33N3O3. The number of piperidine rings is 1. The number of ether oxygens (including phenoxy) is 1. The van der Waals surface area contributed by atoms with E-state index < -0.39 is 5.97 Å². The van der Waals surface area contributed by atoms with Gasteiger partial charge in [-0.1, -0.05) is 36.8 Å². The summed E-state index contributed by atoms with van der Waals surface area (Å²) in [6.07, 6.45) is 7.24. The zero-order valence-electron chi connectivity index (χ0n) is 19.1. The van der Waals surface area contributed by atoms with Crippen LogP contribution in [0.3, 0.4) is 0 Å². The van der Waals surface area contributed by atoms with Crippen molar-refractivity contribution in [3.05, 3.63) is 58.4 Å². The molecule has 1 atom stereocenters. The van der Waals surface area contributed by atoms with Crippen LogP contribution in [0.15, 0.2) is 30.3 Å². The molecule has 1 aliphatic rings. The predicted molar refractivity (Wildman–Crippen MR) is 122 cm³/mol. The van der Waals surface area contributed by atoms with Crippen molar-refractivity contribution >= 4 is 18.0 Å². The summed E-state index contributed by atoms with van der Waals surface area (Å²) in [6, 6.07) is 8.64. The maximum Gasteiger partial charge on any atom is 0.331 e. The average molecular weight is 424 g/mol. The molecule has 6 nitrogen and oxygen atoms in total. The number of likely N-dealkylation sites (tertiary alicyclic amines) is 1. The minimum Gasteiger partial charge on any atom is -0.452 e. The second kappa shape index (κ2) is 10.4. The molecule has 1 unspecified atom stereocenters. The van der Waals surface area contributed by atoms with Gasteiger partial charge in [0.25, 0.3) is 5.91 Å². The molecule has 2 heterocycles. The van der Waals surface area contributed by atoms with Crippen molar-refractivity contribution in [3.63, 3.8) is 0 Å². The summed E-state index contributed by atoms with van der Waals surface area (Å²) in [7, 11) is 0. The van der Waals surface area contributed by atoms with E-state index in [0.29, 0.717) is 6.54 Å². The largest absolute Gasteiger partial charge is 0.452 e. The highest BCUT2D eigenvalue weighted by Gasteiger charge is 2.25. The van der Waals surface area contributed by atoms with Crippen molar-refractivity contribution in [2.45, 2.75) is 66.0 Å². The third kappa shape index (κ3) is 5.84. The predicted octanol–water partition coefficient (Wildman–Crippen LogP) is 4.20. The number of amides is 1. The lowest BCUT2D eigenvalue weighted by molar-refractivity contribution is -0.150. The van der Waals surface area contributed by atoms with Gasteiger partial charge in [-0.3, -0.25) is 9.48 Å². The van der Waals surface area contributed by atoms with Gasteiger partial charge in [0, 0.05) is 29.9 Å². The Kier molecular flexibility index (Phi) is 7.66. The minimum atomic E-state index is -0.511. The lowest BCUT2D eigenvalue weighted by Gasteiger charge is -2.35. The Morgan fingerprint density at radius 2 is 1.90 bits per heavy atom. The highest BCUT2D eigenvalue weighted by atomic mass is 16.5. The molecule has 0 saturated carbocycles. The number of hydrogen-bond donors (Lipinski definition) is 0. The number of nitrogens with zero attached hydrogens (tertiary/aromatic N) is 3. The van der Waals surface area contributed by atoms with Gasteiger partial charge in [0.1, 0.15) is 0 Å². The van der Waals surface area contributed by atoms with E-state index in [2.05, 4.69) is 43.2 Å². The molecule has 0 N–H and O–H groups in total. The molecule has 1 aromatic carbocycles. The number of rotatable bonds is 7. The summed E-state index contributed by atoms with van der Waals surface area (Å²) < 4.78 is 7.16. The van der Waals surface area contributed by atoms with Crippen LogP contribution < -0.4 is 0 Å². The summed E-state index contributed by atoms with van der Waals surface area (Å²) >= 11 is 0. The number of hydrogen-bond acceptors (Lipinski definition) is 4. The molecule has 0 bridgehead atoms. The van der Waals surface area contributed by atoms with E-state index >= 15 is 0 Å². The first-order valence-corrected chi connectivity index (χ1v) is 11.1. The van der Waals surface area contributed by atoms with Crippen LogP contribution in [-0.2, 0) is 20.9 Å². The average Bonchev–Trinajstić information content (AvgIpc) is 3.04. The number of carbonyl (C=O) groups is 2. The van der Waals surface area contributed by atoms with Crippen LogP contribution in [-0.4, -0.2) is 45.8 Å². The zero-order chi connectivity index (χ0) is 22.4. The Labute approximate surface area is 184 Å². The molecule has 6 heteroatoms. The van der Waals surface area contributed by atoms with Crippen LogP contribution >= 0.6 is 0 Å². The van der Waals surface area contributed by atoms with Crippen molar-refractivity contribution in [1.29, 1.82) is 0 Å². The van der Waals surface area contributed by atoms with E-state index in [0.717, 1.165) is 49.2 Å². The summed E-state index contributed by atoms with van der Waals surface area (Å²) in [6.45, 7) is 9.30. The first kappa shape index (κ1) is 22.8. The molecule has 1 fully saturated rings. The van der Waals surface area contributed by atoms with Gasteiger partial charge in [-0.2, -0.15) is 5.10 Å². The van der Waals surface area contributed by atoms with Crippen LogP contribution in [0.5, 0.6) is 0 Å². The normalized spacial score (nSPS) is 16.6. The standard InChI is InChI=1S/C25H33N3O3/c1-5-22-8-6-7-15-27(22)24(29)17-31-25(30)14-13-23-19(3)26-28(20(23)4)16-21-11-9-18(2)10-12-21/h9-14,22H,5-8,15-17H2,1-4H3/b14-13+. The number of aromatic nitrogens is 2. The third-order valence-corrected chi connectivity index (χ3v) is 6.03.